The van der Waals surface area contributed by atoms with Crippen molar-refractivity contribution in [1.82, 2.24) is 14.5 Å². The lowest BCUT2D eigenvalue weighted by Gasteiger charge is -2.27. The number of aromatic hydroxyl groups is 1. The van der Waals surface area contributed by atoms with Gasteiger partial charge in [0.2, 0.25) is 0 Å². The predicted molar refractivity (Wildman–Crippen MR) is 272 cm³/mol. The molecule has 0 saturated carbocycles. The lowest BCUT2D eigenvalue weighted by Crippen LogP contribution is -2.17. The quantitative estimate of drug-likeness (QED) is 0.157. The van der Waals surface area contributed by atoms with Crippen molar-refractivity contribution in [1.29, 1.82) is 0 Å². The number of phenols is 1. The van der Waals surface area contributed by atoms with E-state index in [2.05, 4.69) is 104 Å². The second-order valence-electron chi connectivity index (χ2n) is 20.2. The molecule has 0 bridgehead atoms. The van der Waals surface area contributed by atoms with Crippen LogP contribution in [-0.4, -0.2) is 19.6 Å². The highest BCUT2D eigenvalue weighted by atomic mass is 16.3. The Morgan fingerprint density at radius 3 is 1.94 bits per heavy atom. The van der Waals surface area contributed by atoms with Crippen LogP contribution in [0.3, 0.4) is 0 Å². The molecule has 0 aliphatic rings. The maximum Gasteiger partial charge on any atom is 0.149 e. The van der Waals surface area contributed by atoms with Crippen LogP contribution in [-0.2, 0) is 10.8 Å². The van der Waals surface area contributed by atoms with Crippen LogP contribution < -0.4 is 0 Å². The first kappa shape index (κ1) is 38.2. The topological polar surface area (TPSA) is 50.9 Å². The number of para-hydroxylation sites is 1. The van der Waals surface area contributed by atoms with Crippen molar-refractivity contribution < 1.29 is 12.0 Å². The average molecular weight is 849 g/mol. The highest BCUT2D eigenvalue weighted by Crippen LogP contribution is 2.45. The van der Waals surface area contributed by atoms with Crippen molar-refractivity contribution >= 4 is 11.0 Å². The van der Waals surface area contributed by atoms with E-state index in [4.69, 9.17) is 16.8 Å². The molecule has 0 radical (unpaired) electrons. The van der Waals surface area contributed by atoms with Crippen molar-refractivity contribution in [3.8, 4) is 67.5 Å². The average Bonchev–Trinajstić information content (AvgIpc) is 3.66. The fourth-order valence-corrected chi connectivity index (χ4v) is 8.54. The second-order valence-corrected chi connectivity index (χ2v) is 20.2. The van der Waals surface area contributed by atoms with Gasteiger partial charge in [0.25, 0.3) is 0 Å². The minimum atomic E-state index is -2.57. The van der Waals surface area contributed by atoms with Gasteiger partial charge in [-0.2, -0.15) is 0 Å². The van der Waals surface area contributed by atoms with E-state index in [-0.39, 0.29) is 22.6 Å². The van der Waals surface area contributed by atoms with Gasteiger partial charge in [-0.15, -0.1) is 0 Å². The Morgan fingerprint density at radius 1 is 0.578 bits per heavy atom. The molecular formula is C60H65N3O. The van der Waals surface area contributed by atoms with E-state index in [1.165, 1.54) is 0 Å². The molecule has 2 heterocycles. The zero-order valence-corrected chi connectivity index (χ0v) is 39.6. The molecule has 0 spiro atoms. The number of pyridine rings is 1. The van der Waals surface area contributed by atoms with E-state index in [1.807, 2.05) is 105 Å². The summed E-state index contributed by atoms with van der Waals surface area (Å²) >= 11 is 0. The summed E-state index contributed by atoms with van der Waals surface area (Å²) in [6, 6.07) is 42.3. The summed E-state index contributed by atoms with van der Waals surface area (Å²) in [7, 11) is 0. The SMILES string of the molecule is [2H]C([2H])([2H])c1cc(-c2cc(C(C)C)cc(C([2H])(C)C)c2)ccc1-n1c(-c2cc(C(C)(C)C)cc(C(C)(C)C)c2O)nc2c(-c3cc(-c4ccccc4)cc(-c4cc(C([2H])(C)C)ccn4)c3)cccc21. The lowest BCUT2D eigenvalue weighted by atomic mass is 9.79. The number of fused-ring (bicyclic) bond motifs is 1. The van der Waals surface area contributed by atoms with Crippen LogP contribution in [0, 0.1) is 6.85 Å². The summed E-state index contributed by atoms with van der Waals surface area (Å²) in [6.45, 7) is 21.9. The molecule has 0 saturated heterocycles. The summed E-state index contributed by atoms with van der Waals surface area (Å²) < 4.78 is 47.1. The zero-order chi connectivity index (χ0) is 50.2. The Kier molecular flexibility index (Phi) is 10.2. The van der Waals surface area contributed by atoms with Gasteiger partial charge in [0.05, 0.1) is 28.0 Å². The molecule has 0 unspecified atom stereocenters. The summed E-state index contributed by atoms with van der Waals surface area (Å²) in [5.74, 6) is -1.01. The normalized spacial score (nSPS) is 14.0. The third-order valence-electron chi connectivity index (χ3n) is 12.5. The van der Waals surface area contributed by atoms with Crippen molar-refractivity contribution in [3.05, 3.63) is 167 Å². The molecule has 1 N–H and O–H groups in total. The van der Waals surface area contributed by atoms with Crippen LogP contribution in [0.25, 0.3) is 72.7 Å². The number of aromatic nitrogens is 3. The summed E-state index contributed by atoms with van der Waals surface area (Å²) in [5, 5.41) is 12.5. The summed E-state index contributed by atoms with van der Waals surface area (Å²) in [5.41, 5.74) is 13.0. The van der Waals surface area contributed by atoms with Gasteiger partial charge in [0.1, 0.15) is 11.6 Å². The second kappa shape index (κ2) is 17.0. The third kappa shape index (κ3) is 8.68. The maximum atomic E-state index is 12.5. The minimum Gasteiger partial charge on any atom is -0.507 e. The van der Waals surface area contributed by atoms with Crippen molar-refractivity contribution in [2.75, 3.05) is 0 Å². The smallest absolute Gasteiger partial charge is 0.149 e. The first-order valence-electron chi connectivity index (χ1n) is 25.0. The largest absolute Gasteiger partial charge is 0.507 e. The van der Waals surface area contributed by atoms with E-state index < -0.39 is 24.1 Å². The fraction of sp³-hybridized carbons (Fsp3) is 0.300. The van der Waals surface area contributed by atoms with Crippen LogP contribution in [0.5, 0.6) is 5.75 Å². The van der Waals surface area contributed by atoms with E-state index in [0.717, 1.165) is 72.5 Å². The molecule has 0 aliphatic carbocycles. The Morgan fingerprint density at radius 2 is 1.27 bits per heavy atom. The first-order valence-corrected chi connectivity index (χ1v) is 22.5. The van der Waals surface area contributed by atoms with Gasteiger partial charge in [-0.1, -0.05) is 156 Å². The minimum absolute atomic E-state index is 0.0910. The molecule has 4 heteroatoms. The number of phenolic OH excluding ortho intramolecular Hbond substituents is 1. The molecule has 8 rings (SSSR count). The Labute approximate surface area is 389 Å². The number of nitrogens with zero attached hydrogens (tertiary/aromatic N) is 3. The van der Waals surface area contributed by atoms with Crippen LogP contribution in [0.15, 0.2) is 134 Å². The van der Waals surface area contributed by atoms with Crippen molar-refractivity contribution in [2.24, 2.45) is 0 Å². The third-order valence-corrected chi connectivity index (χ3v) is 12.5. The Hall–Kier alpha value is -6.26. The molecule has 64 heavy (non-hydrogen) atoms. The molecule has 2 aromatic heterocycles. The highest BCUT2D eigenvalue weighted by molar-refractivity contribution is 5.98. The van der Waals surface area contributed by atoms with Gasteiger partial charge in [-0.3, -0.25) is 9.55 Å². The van der Waals surface area contributed by atoms with Crippen LogP contribution in [0.1, 0.15) is 141 Å². The number of imidazole rings is 1. The van der Waals surface area contributed by atoms with Crippen molar-refractivity contribution in [2.45, 2.75) is 118 Å². The molecule has 0 fully saturated rings. The van der Waals surface area contributed by atoms with Gasteiger partial charge in [0.15, 0.2) is 0 Å². The van der Waals surface area contributed by atoms with Crippen LogP contribution in [0.2, 0.25) is 0 Å². The fourth-order valence-electron chi connectivity index (χ4n) is 8.54. The zero-order valence-electron chi connectivity index (χ0n) is 44.6. The molecule has 326 valence electrons. The number of hydrogen-bond acceptors (Lipinski definition) is 3. The molecule has 0 amide bonds. The lowest BCUT2D eigenvalue weighted by molar-refractivity contribution is 0.446. The van der Waals surface area contributed by atoms with E-state index >= 15 is 0 Å². The monoisotopic (exact) mass is 849 g/mol. The Balaban J connectivity index is 1.47. The molecular weight excluding hydrogens is 779 g/mol. The Bertz CT molecular complexity index is 3230. The first-order chi connectivity index (χ1) is 32.1. The van der Waals surface area contributed by atoms with E-state index in [9.17, 15) is 5.11 Å². The summed E-state index contributed by atoms with van der Waals surface area (Å²) in [4.78, 5) is 10.3. The number of hydrogen-bond donors (Lipinski definition) is 1. The standard InChI is InChI=1S/C60H65N3O/c1-36(2)41-24-25-61-53(33-41)48-31-45(40-18-15-14-16-19-40)30-47(32-48)50-20-17-21-55-56(50)62-58(51-34-49(59(8,9)10)35-52(57(51)64)60(11,12)13)63(55)54-23-22-42(26-39(54)7)46-28-43(37(3)4)27-44(29-46)38(5)6/h14-38,64H,1-13H3/i7D3,36D,37D. The van der Waals surface area contributed by atoms with Gasteiger partial charge >= 0.3 is 0 Å². The van der Waals surface area contributed by atoms with Gasteiger partial charge in [0, 0.05) is 29.7 Å². The van der Waals surface area contributed by atoms with Crippen LogP contribution in [0.4, 0.5) is 0 Å². The highest BCUT2D eigenvalue weighted by Gasteiger charge is 2.29. The van der Waals surface area contributed by atoms with E-state index in [1.54, 1.807) is 12.3 Å². The number of benzene rings is 6. The van der Waals surface area contributed by atoms with Gasteiger partial charge < -0.3 is 5.11 Å². The van der Waals surface area contributed by atoms with E-state index in [0.29, 0.717) is 28.1 Å². The van der Waals surface area contributed by atoms with Gasteiger partial charge in [-0.25, -0.2) is 4.98 Å². The molecule has 6 aromatic carbocycles. The number of aryl methyl sites for hydroxylation is 1. The summed E-state index contributed by atoms with van der Waals surface area (Å²) in [6.07, 6.45) is 1.76. The van der Waals surface area contributed by atoms with Crippen LogP contribution >= 0.6 is 0 Å². The van der Waals surface area contributed by atoms with Crippen molar-refractivity contribution in [3.63, 3.8) is 0 Å². The van der Waals surface area contributed by atoms with Gasteiger partial charge in [-0.05, 0) is 146 Å². The maximum absolute atomic E-state index is 12.5. The molecule has 0 aliphatic heterocycles. The molecule has 0 atom stereocenters. The molecule has 8 aromatic rings. The number of rotatable bonds is 9. The predicted octanol–water partition coefficient (Wildman–Crippen LogP) is 16.7. The molecule has 4 nitrogen and oxygen atoms in total.